The summed E-state index contributed by atoms with van der Waals surface area (Å²) >= 11 is 1.49. The summed E-state index contributed by atoms with van der Waals surface area (Å²) in [6.07, 6.45) is 1.73. The summed E-state index contributed by atoms with van der Waals surface area (Å²) in [5.41, 5.74) is 9.58. The molecular weight excluding hydrogens is 210 g/mol. The van der Waals surface area contributed by atoms with Crippen LogP contribution in [-0.2, 0) is 0 Å². The predicted octanol–water partition coefficient (Wildman–Crippen LogP) is 2.53. The zero-order valence-electron chi connectivity index (χ0n) is 7.68. The maximum Gasteiger partial charge on any atom is 0.239 e. The number of anilines is 1. The Hall–Kier alpha value is -1.88. The van der Waals surface area contributed by atoms with Gasteiger partial charge in [-0.2, -0.15) is 0 Å². The number of nitrogens with two attached hydrogens (primary N) is 1. The van der Waals surface area contributed by atoms with Crippen LogP contribution in [0.2, 0.25) is 0 Å². The second-order valence-electron chi connectivity index (χ2n) is 3.08. The minimum Gasteiger partial charge on any atom is -0.435 e. The normalized spacial score (nSPS) is 10.9. The first-order valence-electron chi connectivity index (χ1n) is 4.38. The largest absolute Gasteiger partial charge is 0.435 e. The third-order valence-corrected chi connectivity index (χ3v) is 2.85. The Kier molecular flexibility index (Phi) is 1.72. The number of rotatable bonds is 1. The molecule has 2 N–H and O–H groups in total. The number of para-hydroxylation sites is 1. The molecule has 5 heteroatoms. The second-order valence-corrected chi connectivity index (χ2v) is 3.97. The number of aromatic nitrogens is 2. The van der Waals surface area contributed by atoms with Gasteiger partial charge in [0.25, 0.3) is 0 Å². The summed E-state index contributed by atoms with van der Waals surface area (Å²) in [6.45, 7) is 0. The van der Waals surface area contributed by atoms with Crippen molar-refractivity contribution in [3.8, 4) is 10.8 Å². The van der Waals surface area contributed by atoms with Gasteiger partial charge in [0, 0.05) is 0 Å². The number of benzene rings is 1. The fourth-order valence-electron chi connectivity index (χ4n) is 1.40. The Balaban J connectivity index is 2.27. The van der Waals surface area contributed by atoms with Crippen LogP contribution in [0.15, 0.2) is 34.3 Å². The zero-order chi connectivity index (χ0) is 10.3. The third kappa shape index (κ3) is 1.28. The van der Waals surface area contributed by atoms with E-state index in [1.807, 2.05) is 12.1 Å². The summed E-state index contributed by atoms with van der Waals surface area (Å²) in [4.78, 5) is 9.22. The molecule has 0 atom stereocenters. The maximum absolute atomic E-state index is 5.79. The van der Waals surface area contributed by atoms with Crippen LogP contribution in [0.4, 0.5) is 5.69 Å². The van der Waals surface area contributed by atoms with Gasteiger partial charge >= 0.3 is 0 Å². The highest BCUT2D eigenvalue weighted by Gasteiger charge is 2.10. The van der Waals surface area contributed by atoms with Gasteiger partial charge in [0.15, 0.2) is 5.58 Å². The van der Waals surface area contributed by atoms with Crippen molar-refractivity contribution >= 4 is 28.1 Å². The summed E-state index contributed by atoms with van der Waals surface area (Å²) in [5, 5.41) is 0. The molecule has 0 radical (unpaired) electrons. The van der Waals surface area contributed by atoms with Crippen molar-refractivity contribution in [2.24, 2.45) is 0 Å². The lowest BCUT2D eigenvalue weighted by Crippen LogP contribution is -1.84. The maximum atomic E-state index is 5.79. The summed E-state index contributed by atoms with van der Waals surface area (Å²) < 4.78 is 5.57. The van der Waals surface area contributed by atoms with Gasteiger partial charge in [-0.1, -0.05) is 6.07 Å². The molecule has 2 aromatic heterocycles. The van der Waals surface area contributed by atoms with E-state index in [1.54, 1.807) is 17.8 Å². The summed E-state index contributed by atoms with van der Waals surface area (Å²) in [7, 11) is 0. The molecule has 3 rings (SSSR count). The molecule has 0 unspecified atom stereocenters. The monoisotopic (exact) mass is 217 g/mol. The Labute approximate surface area is 89.4 Å². The van der Waals surface area contributed by atoms with Crippen LogP contribution in [0.3, 0.4) is 0 Å². The highest BCUT2D eigenvalue weighted by Crippen LogP contribution is 2.28. The first kappa shape index (κ1) is 8.43. The van der Waals surface area contributed by atoms with Crippen LogP contribution in [0.25, 0.3) is 21.9 Å². The van der Waals surface area contributed by atoms with E-state index in [4.69, 9.17) is 10.2 Å². The van der Waals surface area contributed by atoms with Crippen LogP contribution >= 0.6 is 11.3 Å². The molecule has 0 amide bonds. The molecule has 0 fully saturated rings. The molecule has 3 aromatic rings. The van der Waals surface area contributed by atoms with Crippen LogP contribution in [0, 0.1) is 0 Å². The molecule has 1 aromatic carbocycles. The molecule has 4 nitrogen and oxygen atoms in total. The van der Waals surface area contributed by atoms with Crippen LogP contribution < -0.4 is 5.73 Å². The number of hydrogen-bond donors (Lipinski definition) is 1. The van der Waals surface area contributed by atoms with E-state index in [2.05, 4.69) is 9.97 Å². The number of nitrogens with zero attached hydrogens (tertiary/aromatic N) is 2. The van der Waals surface area contributed by atoms with Crippen molar-refractivity contribution in [1.29, 1.82) is 0 Å². The third-order valence-electron chi connectivity index (χ3n) is 2.09. The zero-order valence-corrected chi connectivity index (χ0v) is 8.49. The topological polar surface area (TPSA) is 64.9 Å². The van der Waals surface area contributed by atoms with Crippen molar-refractivity contribution in [1.82, 2.24) is 9.97 Å². The summed E-state index contributed by atoms with van der Waals surface area (Å²) in [6, 6.07) is 5.50. The lowest BCUT2D eigenvalue weighted by molar-refractivity contribution is 0.621. The standard InChI is InChI=1S/C10H7N3OS/c11-6-2-1-3-7-9(6)13-10(14-7)8-4-12-5-15-8/h1-5H,11H2. The quantitative estimate of drug-likeness (QED) is 0.636. The summed E-state index contributed by atoms with van der Waals surface area (Å²) in [5.74, 6) is 0.574. The number of nitrogen functional groups attached to an aromatic ring is 1. The van der Waals surface area contributed by atoms with Crippen LogP contribution in [0.5, 0.6) is 0 Å². The van der Waals surface area contributed by atoms with Gasteiger partial charge in [-0.05, 0) is 12.1 Å². The van der Waals surface area contributed by atoms with Crippen molar-refractivity contribution in [2.45, 2.75) is 0 Å². The van der Waals surface area contributed by atoms with E-state index in [0.29, 0.717) is 22.7 Å². The molecule has 0 aliphatic carbocycles. The number of thiazole rings is 1. The van der Waals surface area contributed by atoms with E-state index in [-0.39, 0.29) is 0 Å². The molecule has 0 bridgehead atoms. The fourth-order valence-corrected chi connectivity index (χ4v) is 1.94. The molecule has 15 heavy (non-hydrogen) atoms. The predicted molar refractivity (Wildman–Crippen MR) is 59.5 cm³/mol. The average molecular weight is 217 g/mol. The van der Waals surface area contributed by atoms with Gasteiger partial charge < -0.3 is 10.2 Å². The van der Waals surface area contributed by atoms with Crippen molar-refractivity contribution in [3.05, 3.63) is 29.9 Å². The smallest absolute Gasteiger partial charge is 0.239 e. The molecule has 0 saturated heterocycles. The van der Waals surface area contributed by atoms with E-state index in [9.17, 15) is 0 Å². The first-order valence-corrected chi connectivity index (χ1v) is 5.26. The van der Waals surface area contributed by atoms with Gasteiger partial charge in [0.1, 0.15) is 10.4 Å². The first-order chi connectivity index (χ1) is 7.34. The Morgan fingerprint density at radius 2 is 2.27 bits per heavy atom. The van der Waals surface area contributed by atoms with Gasteiger partial charge in [0.05, 0.1) is 17.4 Å². The Morgan fingerprint density at radius 1 is 1.33 bits per heavy atom. The van der Waals surface area contributed by atoms with E-state index in [1.165, 1.54) is 11.3 Å². The Morgan fingerprint density at radius 3 is 3.00 bits per heavy atom. The van der Waals surface area contributed by atoms with Crippen LogP contribution in [-0.4, -0.2) is 9.97 Å². The lowest BCUT2D eigenvalue weighted by Gasteiger charge is -1.89. The van der Waals surface area contributed by atoms with Gasteiger partial charge in [0.2, 0.25) is 5.89 Å². The minimum atomic E-state index is 0.574. The van der Waals surface area contributed by atoms with E-state index in [0.717, 1.165) is 4.88 Å². The number of hydrogen-bond acceptors (Lipinski definition) is 5. The van der Waals surface area contributed by atoms with E-state index < -0.39 is 0 Å². The average Bonchev–Trinajstić information content (AvgIpc) is 2.86. The lowest BCUT2D eigenvalue weighted by atomic mass is 10.3. The fraction of sp³-hybridized carbons (Fsp3) is 0. The van der Waals surface area contributed by atoms with E-state index >= 15 is 0 Å². The van der Waals surface area contributed by atoms with Gasteiger partial charge in [-0.25, -0.2) is 4.98 Å². The van der Waals surface area contributed by atoms with Crippen molar-refractivity contribution < 1.29 is 4.42 Å². The molecule has 0 saturated carbocycles. The highest BCUT2D eigenvalue weighted by atomic mass is 32.1. The SMILES string of the molecule is Nc1cccc2oc(-c3cncs3)nc12. The van der Waals surface area contributed by atoms with Crippen molar-refractivity contribution in [2.75, 3.05) is 5.73 Å². The Bertz CT molecular complexity index is 600. The molecule has 0 spiro atoms. The van der Waals surface area contributed by atoms with Gasteiger partial charge in [-0.15, -0.1) is 11.3 Å². The molecule has 2 heterocycles. The van der Waals surface area contributed by atoms with Crippen molar-refractivity contribution in [3.63, 3.8) is 0 Å². The van der Waals surface area contributed by atoms with Gasteiger partial charge in [-0.3, -0.25) is 4.98 Å². The molecule has 0 aliphatic rings. The second kappa shape index (κ2) is 3.06. The molecule has 74 valence electrons. The number of fused-ring (bicyclic) bond motifs is 1. The van der Waals surface area contributed by atoms with Crippen LogP contribution in [0.1, 0.15) is 0 Å². The molecule has 0 aliphatic heterocycles. The minimum absolute atomic E-state index is 0.574. The number of oxazole rings is 1. The molecular formula is C10H7N3OS. The highest BCUT2D eigenvalue weighted by molar-refractivity contribution is 7.13.